The summed E-state index contributed by atoms with van der Waals surface area (Å²) in [6.07, 6.45) is 0. The summed E-state index contributed by atoms with van der Waals surface area (Å²) in [6, 6.07) is 6.86. The Morgan fingerprint density at radius 1 is 1.03 bits per heavy atom. The first-order valence-electron chi connectivity index (χ1n) is 9.42. The van der Waals surface area contributed by atoms with Crippen LogP contribution < -0.4 is 0 Å². The lowest BCUT2D eigenvalue weighted by atomic mass is 10.2. The lowest BCUT2D eigenvalue weighted by Gasteiger charge is -2.34. The lowest BCUT2D eigenvalue weighted by molar-refractivity contribution is -0.130. The molecule has 0 atom stereocenters. The number of carbonyl (C=O) groups is 2. The molecule has 2 aromatic heterocycles. The van der Waals surface area contributed by atoms with Crippen LogP contribution in [0, 0.1) is 18.6 Å². The van der Waals surface area contributed by atoms with Crippen molar-refractivity contribution in [2.75, 3.05) is 26.2 Å². The highest BCUT2D eigenvalue weighted by atomic mass is 19.1. The minimum atomic E-state index is -0.666. The van der Waals surface area contributed by atoms with Crippen molar-refractivity contribution in [3.8, 4) is 0 Å². The molecule has 0 N–H and O–H groups in total. The number of nitrogens with zero attached hydrogens (tertiary/aromatic N) is 3. The van der Waals surface area contributed by atoms with Crippen LogP contribution in [0.1, 0.15) is 28.7 Å². The zero-order chi connectivity index (χ0) is 20.7. The van der Waals surface area contributed by atoms with Gasteiger partial charge in [0.2, 0.25) is 5.91 Å². The molecule has 0 unspecified atom stereocenters. The van der Waals surface area contributed by atoms with Gasteiger partial charge in [-0.05, 0) is 13.0 Å². The standard InChI is InChI=1S/C21H21F2N3O3/c1-13-9-18-20(29-13)11-19(21(28)25-7-5-24(6-8-25)14(2)27)26(18)12-15-3-4-16(22)10-17(15)23/h3-4,9-11H,5-8,12H2,1-2H3. The molecule has 0 aliphatic carbocycles. The van der Waals surface area contributed by atoms with Gasteiger partial charge >= 0.3 is 0 Å². The molecule has 2 amide bonds. The Hall–Kier alpha value is -3.16. The molecule has 0 saturated carbocycles. The van der Waals surface area contributed by atoms with Crippen LogP contribution in [-0.4, -0.2) is 52.4 Å². The van der Waals surface area contributed by atoms with Gasteiger partial charge < -0.3 is 18.8 Å². The molecular weight excluding hydrogens is 380 g/mol. The Balaban J connectivity index is 1.67. The summed E-state index contributed by atoms with van der Waals surface area (Å²) >= 11 is 0. The SMILES string of the molecule is CC(=O)N1CCN(C(=O)c2cc3oc(C)cc3n2Cc2ccc(F)cc2F)CC1. The summed E-state index contributed by atoms with van der Waals surface area (Å²) in [4.78, 5) is 28.1. The second kappa shape index (κ2) is 7.35. The quantitative estimate of drug-likeness (QED) is 0.677. The highest BCUT2D eigenvalue weighted by Gasteiger charge is 2.27. The van der Waals surface area contributed by atoms with E-state index in [9.17, 15) is 18.4 Å². The van der Waals surface area contributed by atoms with Gasteiger partial charge in [-0.25, -0.2) is 8.78 Å². The third kappa shape index (κ3) is 3.62. The topological polar surface area (TPSA) is 58.7 Å². The second-order valence-corrected chi connectivity index (χ2v) is 7.26. The maximum absolute atomic E-state index is 14.2. The van der Waals surface area contributed by atoms with Crippen LogP contribution >= 0.6 is 0 Å². The highest BCUT2D eigenvalue weighted by Crippen LogP contribution is 2.27. The van der Waals surface area contributed by atoms with E-state index in [1.807, 2.05) is 0 Å². The van der Waals surface area contributed by atoms with Crippen LogP contribution in [0.5, 0.6) is 0 Å². The second-order valence-electron chi connectivity index (χ2n) is 7.26. The third-order valence-electron chi connectivity index (χ3n) is 5.29. The number of furan rings is 1. The van der Waals surface area contributed by atoms with E-state index in [0.29, 0.717) is 48.7 Å². The molecule has 6 nitrogen and oxygen atoms in total. The van der Waals surface area contributed by atoms with Gasteiger partial charge in [-0.1, -0.05) is 6.07 Å². The number of halogens is 2. The van der Waals surface area contributed by atoms with Gasteiger partial charge in [0.25, 0.3) is 5.91 Å². The number of piperazine rings is 1. The van der Waals surface area contributed by atoms with Crippen LogP contribution in [0.3, 0.4) is 0 Å². The van der Waals surface area contributed by atoms with Crippen LogP contribution in [0.2, 0.25) is 0 Å². The maximum atomic E-state index is 14.2. The predicted octanol–water partition coefficient (Wildman–Crippen LogP) is 3.17. The number of rotatable bonds is 3. The van der Waals surface area contributed by atoms with Gasteiger partial charge in [0.05, 0.1) is 12.1 Å². The molecule has 8 heteroatoms. The van der Waals surface area contributed by atoms with E-state index in [4.69, 9.17) is 4.42 Å². The Bertz CT molecular complexity index is 1090. The van der Waals surface area contributed by atoms with E-state index in [-0.39, 0.29) is 23.9 Å². The molecule has 0 spiro atoms. The Kier molecular flexibility index (Phi) is 4.86. The van der Waals surface area contributed by atoms with Crippen molar-refractivity contribution < 1.29 is 22.8 Å². The van der Waals surface area contributed by atoms with Crippen molar-refractivity contribution in [1.29, 1.82) is 0 Å². The van der Waals surface area contributed by atoms with E-state index in [1.165, 1.54) is 19.1 Å². The summed E-state index contributed by atoms with van der Waals surface area (Å²) in [5, 5.41) is 0. The monoisotopic (exact) mass is 401 g/mol. The minimum absolute atomic E-state index is 0.0137. The Labute approximate surface area is 166 Å². The molecule has 3 heterocycles. The highest BCUT2D eigenvalue weighted by molar-refractivity contribution is 5.98. The number of fused-ring (bicyclic) bond motifs is 1. The fourth-order valence-electron chi connectivity index (χ4n) is 3.72. The molecule has 1 saturated heterocycles. The van der Waals surface area contributed by atoms with E-state index in [2.05, 4.69) is 0 Å². The van der Waals surface area contributed by atoms with Gasteiger partial charge in [-0.2, -0.15) is 0 Å². The first kappa shape index (κ1) is 19.2. The fraction of sp³-hybridized carbons (Fsp3) is 0.333. The van der Waals surface area contributed by atoms with Crippen molar-refractivity contribution in [2.24, 2.45) is 0 Å². The zero-order valence-corrected chi connectivity index (χ0v) is 16.2. The number of aryl methyl sites for hydroxylation is 1. The summed E-state index contributed by atoms with van der Waals surface area (Å²) in [6.45, 7) is 5.18. The lowest BCUT2D eigenvalue weighted by Crippen LogP contribution is -2.50. The number of benzene rings is 1. The smallest absolute Gasteiger partial charge is 0.270 e. The number of amides is 2. The molecule has 0 bridgehead atoms. The molecule has 4 rings (SSSR count). The van der Waals surface area contributed by atoms with E-state index in [1.54, 1.807) is 33.4 Å². The van der Waals surface area contributed by atoms with Gasteiger partial charge in [-0.3, -0.25) is 9.59 Å². The minimum Gasteiger partial charge on any atom is -0.460 e. The number of carbonyl (C=O) groups excluding carboxylic acids is 2. The van der Waals surface area contributed by atoms with Crippen LogP contribution in [0.25, 0.3) is 11.1 Å². The molecule has 1 aromatic carbocycles. The van der Waals surface area contributed by atoms with Crippen molar-refractivity contribution in [2.45, 2.75) is 20.4 Å². The van der Waals surface area contributed by atoms with Gasteiger partial charge in [0.1, 0.15) is 23.1 Å². The molecule has 1 aliphatic rings. The normalized spacial score (nSPS) is 14.6. The molecule has 3 aromatic rings. The van der Waals surface area contributed by atoms with E-state index >= 15 is 0 Å². The summed E-state index contributed by atoms with van der Waals surface area (Å²) in [5.41, 5.74) is 1.87. The van der Waals surface area contributed by atoms with Crippen LogP contribution in [0.15, 0.2) is 34.7 Å². The summed E-state index contributed by atoms with van der Waals surface area (Å²) in [7, 11) is 0. The van der Waals surface area contributed by atoms with Crippen molar-refractivity contribution in [3.63, 3.8) is 0 Å². The van der Waals surface area contributed by atoms with Gasteiger partial charge in [0.15, 0.2) is 5.58 Å². The van der Waals surface area contributed by atoms with E-state index < -0.39 is 11.6 Å². The van der Waals surface area contributed by atoms with E-state index in [0.717, 1.165) is 6.07 Å². The van der Waals surface area contributed by atoms with Crippen molar-refractivity contribution in [3.05, 3.63) is 59.0 Å². The number of aromatic nitrogens is 1. The molecule has 1 fully saturated rings. The van der Waals surface area contributed by atoms with Gasteiger partial charge in [0, 0.05) is 56.9 Å². The summed E-state index contributed by atoms with van der Waals surface area (Å²) < 4.78 is 34.9. The molecule has 29 heavy (non-hydrogen) atoms. The average Bonchev–Trinajstić information content (AvgIpc) is 3.20. The number of hydrogen-bond donors (Lipinski definition) is 0. The zero-order valence-electron chi connectivity index (χ0n) is 16.2. The Morgan fingerprint density at radius 3 is 2.38 bits per heavy atom. The van der Waals surface area contributed by atoms with Crippen LogP contribution in [-0.2, 0) is 11.3 Å². The van der Waals surface area contributed by atoms with Crippen molar-refractivity contribution in [1.82, 2.24) is 14.4 Å². The summed E-state index contributed by atoms with van der Waals surface area (Å²) in [5.74, 6) is -0.860. The molecule has 1 aliphatic heterocycles. The van der Waals surface area contributed by atoms with Gasteiger partial charge in [-0.15, -0.1) is 0 Å². The number of hydrogen-bond acceptors (Lipinski definition) is 3. The predicted molar refractivity (Wildman–Crippen MR) is 103 cm³/mol. The fourth-order valence-corrected chi connectivity index (χ4v) is 3.72. The first-order valence-corrected chi connectivity index (χ1v) is 9.42. The molecule has 152 valence electrons. The average molecular weight is 401 g/mol. The van der Waals surface area contributed by atoms with Crippen molar-refractivity contribution >= 4 is 22.9 Å². The Morgan fingerprint density at radius 2 is 1.72 bits per heavy atom. The molecule has 0 radical (unpaired) electrons. The maximum Gasteiger partial charge on any atom is 0.270 e. The van der Waals surface area contributed by atoms with Crippen LogP contribution in [0.4, 0.5) is 8.78 Å². The largest absolute Gasteiger partial charge is 0.460 e. The third-order valence-corrected chi connectivity index (χ3v) is 5.29. The first-order chi connectivity index (χ1) is 13.8. The molecular formula is C21H21F2N3O3.